The minimum Gasteiger partial charge on any atom is -0.492 e. The molecule has 1 fully saturated rings. The fourth-order valence-electron chi connectivity index (χ4n) is 2.80. The number of halogens is 1. The van der Waals surface area contributed by atoms with Gasteiger partial charge in [-0.1, -0.05) is 0 Å². The van der Waals surface area contributed by atoms with E-state index < -0.39 is 0 Å². The lowest BCUT2D eigenvalue weighted by Gasteiger charge is -2.30. The second-order valence-electron chi connectivity index (χ2n) is 5.98. The zero-order valence-corrected chi connectivity index (χ0v) is 14.5. The fraction of sp³-hybridized carbons (Fsp3) is 0.556. The summed E-state index contributed by atoms with van der Waals surface area (Å²) in [4.78, 5) is 25.8. The first-order valence-corrected chi connectivity index (χ1v) is 8.62. The van der Waals surface area contributed by atoms with E-state index in [1.165, 1.54) is 12.1 Å². The highest BCUT2D eigenvalue weighted by Gasteiger charge is 2.27. The van der Waals surface area contributed by atoms with Crippen LogP contribution in [0.3, 0.4) is 0 Å². The molecule has 0 saturated carbocycles. The van der Waals surface area contributed by atoms with Gasteiger partial charge in [0.1, 0.15) is 18.2 Å². The highest BCUT2D eigenvalue weighted by atomic mass is 19.1. The van der Waals surface area contributed by atoms with Crippen molar-refractivity contribution < 1.29 is 23.5 Å². The Bertz CT molecular complexity index is 565. The standard InChI is InChI=1S/C18H25FN2O4/c1-2-24-18(23)14-4-3-10-21(12-14)13-17(22)20-9-11-25-16-7-5-15(19)6-8-16/h5-8,14H,2-4,9-13H2,1H3,(H,20,22). The number of hydrogen-bond donors (Lipinski definition) is 1. The molecule has 1 aromatic rings. The highest BCUT2D eigenvalue weighted by Crippen LogP contribution is 2.17. The van der Waals surface area contributed by atoms with Crippen molar-refractivity contribution >= 4 is 11.9 Å². The van der Waals surface area contributed by atoms with Crippen molar-refractivity contribution in [2.24, 2.45) is 5.92 Å². The number of carbonyl (C=O) groups excluding carboxylic acids is 2. The first-order chi connectivity index (χ1) is 12.1. The summed E-state index contributed by atoms with van der Waals surface area (Å²) in [7, 11) is 0. The average Bonchev–Trinajstić information content (AvgIpc) is 2.61. The molecule has 1 aliphatic rings. The number of ether oxygens (including phenoxy) is 2. The maximum atomic E-state index is 12.8. The summed E-state index contributed by atoms with van der Waals surface area (Å²) in [6.45, 7) is 4.46. The Morgan fingerprint density at radius 3 is 2.80 bits per heavy atom. The smallest absolute Gasteiger partial charge is 0.310 e. The summed E-state index contributed by atoms with van der Waals surface area (Å²) in [5, 5.41) is 2.78. The Kier molecular flexibility index (Phi) is 7.66. The third-order valence-corrected chi connectivity index (χ3v) is 4.00. The van der Waals surface area contributed by atoms with E-state index in [0.29, 0.717) is 32.1 Å². The number of piperidine rings is 1. The first kappa shape index (κ1) is 19.2. The summed E-state index contributed by atoms with van der Waals surface area (Å²) >= 11 is 0. The molecule has 7 heteroatoms. The van der Waals surface area contributed by atoms with Crippen molar-refractivity contribution in [1.29, 1.82) is 0 Å². The summed E-state index contributed by atoms with van der Waals surface area (Å²) in [6, 6.07) is 5.73. The van der Waals surface area contributed by atoms with Crippen LogP contribution in [0.15, 0.2) is 24.3 Å². The van der Waals surface area contributed by atoms with Gasteiger partial charge in [-0.05, 0) is 50.6 Å². The Hall–Kier alpha value is -2.15. The molecule has 1 unspecified atom stereocenters. The van der Waals surface area contributed by atoms with E-state index >= 15 is 0 Å². The minimum atomic E-state index is -0.316. The lowest BCUT2D eigenvalue weighted by Crippen LogP contribution is -2.45. The number of nitrogens with one attached hydrogen (secondary N) is 1. The minimum absolute atomic E-state index is 0.104. The second-order valence-corrected chi connectivity index (χ2v) is 5.98. The van der Waals surface area contributed by atoms with Gasteiger partial charge in [-0.15, -0.1) is 0 Å². The third-order valence-electron chi connectivity index (χ3n) is 4.00. The molecule has 1 N–H and O–H groups in total. The Morgan fingerprint density at radius 2 is 2.08 bits per heavy atom. The molecule has 2 rings (SSSR count). The van der Waals surface area contributed by atoms with E-state index in [9.17, 15) is 14.0 Å². The quantitative estimate of drug-likeness (QED) is 0.569. The number of rotatable bonds is 8. The molecule has 1 aliphatic heterocycles. The topological polar surface area (TPSA) is 67.9 Å². The van der Waals surface area contributed by atoms with Crippen LogP contribution in [0.4, 0.5) is 4.39 Å². The normalized spacial score (nSPS) is 17.8. The van der Waals surface area contributed by atoms with E-state index in [1.807, 2.05) is 4.90 Å². The number of hydrogen-bond acceptors (Lipinski definition) is 5. The number of likely N-dealkylation sites (tertiary alicyclic amines) is 1. The van der Waals surface area contributed by atoms with Crippen LogP contribution >= 0.6 is 0 Å². The molecular weight excluding hydrogens is 327 g/mol. The van der Waals surface area contributed by atoms with Crippen molar-refractivity contribution in [2.75, 3.05) is 39.4 Å². The molecule has 0 aromatic heterocycles. The number of nitrogens with zero attached hydrogens (tertiary/aromatic N) is 1. The lowest BCUT2D eigenvalue weighted by atomic mass is 9.98. The van der Waals surface area contributed by atoms with Gasteiger partial charge in [0.15, 0.2) is 0 Å². The van der Waals surface area contributed by atoms with Crippen molar-refractivity contribution in [1.82, 2.24) is 10.2 Å². The van der Waals surface area contributed by atoms with Crippen molar-refractivity contribution in [3.63, 3.8) is 0 Å². The number of amides is 1. The maximum absolute atomic E-state index is 12.8. The molecule has 1 saturated heterocycles. The van der Waals surface area contributed by atoms with Crippen LogP contribution in [-0.2, 0) is 14.3 Å². The summed E-state index contributed by atoms with van der Waals surface area (Å²) in [6.07, 6.45) is 1.69. The molecular formula is C18H25FN2O4. The summed E-state index contributed by atoms with van der Waals surface area (Å²) in [5.41, 5.74) is 0. The van der Waals surface area contributed by atoms with Gasteiger partial charge in [0.05, 0.1) is 25.6 Å². The number of esters is 1. The van der Waals surface area contributed by atoms with Crippen LogP contribution in [0, 0.1) is 11.7 Å². The van der Waals surface area contributed by atoms with Gasteiger partial charge in [-0.3, -0.25) is 14.5 Å². The summed E-state index contributed by atoms with van der Waals surface area (Å²) < 4.78 is 23.3. The van der Waals surface area contributed by atoms with Gasteiger partial charge < -0.3 is 14.8 Å². The fourth-order valence-corrected chi connectivity index (χ4v) is 2.80. The first-order valence-electron chi connectivity index (χ1n) is 8.62. The number of carbonyl (C=O) groups is 2. The molecule has 0 aliphatic carbocycles. The van der Waals surface area contributed by atoms with Gasteiger partial charge in [-0.25, -0.2) is 4.39 Å². The van der Waals surface area contributed by atoms with Crippen molar-refractivity contribution in [2.45, 2.75) is 19.8 Å². The predicted octanol–water partition coefficient (Wildman–Crippen LogP) is 1.60. The van der Waals surface area contributed by atoms with E-state index in [0.717, 1.165) is 19.4 Å². The third kappa shape index (κ3) is 6.70. The molecule has 25 heavy (non-hydrogen) atoms. The molecule has 0 spiro atoms. The van der Waals surface area contributed by atoms with Crippen molar-refractivity contribution in [3.8, 4) is 5.75 Å². The van der Waals surface area contributed by atoms with Crippen LogP contribution in [0.2, 0.25) is 0 Å². The van der Waals surface area contributed by atoms with Crippen LogP contribution in [0.1, 0.15) is 19.8 Å². The zero-order valence-electron chi connectivity index (χ0n) is 14.5. The molecule has 0 radical (unpaired) electrons. The van der Waals surface area contributed by atoms with Gasteiger partial charge in [-0.2, -0.15) is 0 Å². The number of benzene rings is 1. The van der Waals surface area contributed by atoms with Crippen LogP contribution in [0.5, 0.6) is 5.75 Å². The molecule has 1 aromatic carbocycles. The zero-order chi connectivity index (χ0) is 18.1. The van der Waals surface area contributed by atoms with Crippen LogP contribution in [-0.4, -0.2) is 56.2 Å². The Labute approximate surface area is 147 Å². The van der Waals surface area contributed by atoms with Gasteiger partial charge in [0.25, 0.3) is 0 Å². The van der Waals surface area contributed by atoms with Crippen molar-refractivity contribution in [3.05, 3.63) is 30.1 Å². The second kappa shape index (κ2) is 9.98. The molecule has 1 amide bonds. The van der Waals surface area contributed by atoms with Gasteiger partial charge >= 0.3 is 5.97 Å². The molecule has 6 nitrogen and oxygen atoms in total. The monoisotopic (exact) mass is 352 g/mol. The summed E-state index contributed by atoms with van der Waals surface area (Å²) in [5.74, 6) is -0.192. The Balaban J connectivity index is 1.64. The molecule has 138 valence electrons. The van der Waals surface area contributed by atoms with E-state index in [1.54, 1.807) is 19.1 Å². The van der Waals surface area contributed by atoms with Crippen LogP contribution in [0.25, 0.3) is 0 Å². The van der Waals surface area contributed by atoms with E-state index in [2.05, 4.69) is 5.32 Å². The van der Waals surface area contributed by atoms with E-state index in [4.69, 9.17) is 9.47 Å². The molecule has 0 bridgehead atoms. The highest BCUT2D eigenvalue weighted by molar-refractivity contribution is 5.78. The average molecular weight is 352 g/mol. The lowest BCUT2D eigenvalue weighted by molar-refractivity contribution is -0.150. The van der Waals surface area contributed by atoms with Gasteiger partial charge in [0.2, 0.25) is 5.91 Å². The molecule has 1 heterocycles. The van der Waals surface area contributed by atoms with E-state index in [-0.39, 0.29) is 30.2 Å². The Morgan fingerprint density at radius 1 is 1.32 bits per heavy atom. The maximum Gasteiger partial charge on any atom is 0.310 e. The predicted molar refractivity (Wildman–Crippen MR) is 90.7 cm³/mol. The largest absolute Gasteiger partial charge is 0.492 e. The van der Waals surface area contributed by atoms with Gasteiger partial charge in [0, 0.05) is 6.54 Å². The van der Waals surface area contributed by atoms with Crippen LogP contribution < -0.4 is 10.1 Å². The molecule has 1 atom stereocenters. The SMILES string of the molecule is CCOC(=O)C1CCCN(CC(=O)NCCOc2ccc(F)cc2)C1.